The molecule has 0 unspecified atom stereocenters. The molecular formula is C21H29N3O4. The number of carbonyl (C=O) groups excluding carboxylic acids is 3. The first-order valence-corrected chi connectivity index (χ1v) is 9.57. The van der Waals surface area contributed by atoms with Gasteiger partial charge in [0.15, 0.2) is 0 Å². The second-order valence-electron chi connectivity index (χ2n) is 7.61. The van der Waals surface area contributed by atoms with Crippen LogP contribution in [0.5, 0.6) is 0 Å². The molecule has 0 bridgehead atoms. The average molecular weight is 387 g/mol. The highest BCUT2D eigenvalue weighted by Crippen LogP contribution is 2.25. The molecule has 152 valence electrons. The fourth-order valence-electron chi connectivity index (χ4n) is 3.60. The molecule has 4 N–H and O–H groups in total. The zero-order chi connectivity index (χ0) is 20.7. The van der Waals surface area contributed by atoms with Gasteiger partial charge in [-0.3, -0.25) is 19.6 Å². The highest BCUT2D eigenvalue weighted by molar-refractivity contribution is 5.91. The van der Waals surface area contributed by atoms with Crippen molar-refractivity contribution in [1.82, 2.24) is 15.8 Å². The summed E-state index contributed by atoms with van der Waals surface area (Å²) in [7, 11) is 1.56. The molecule has 0 aliphatic carbocycles. The number of aromatic amines is 1. The Balaban J connectivity index is 2.18. The molecular weight excluding hydrogens is 358 g/mol. The number of para-hydroxylation sites is 1. The van der Waals surface area contributed by atoms with Crippen molar-refractivity contribution in [3.05, 3.63) is 36.0 Å². The van der Waals surface area contributed by atoms with Gasteiger partial charge in [0.2, 0.25) is 11.8 Å². The Labute approximate surface area is 164 Å². The van der Waals surface area contributed by atoms with E-state index in [-0.39, 0.29) is 30.4 Å². The van der Waals surface area contributed by atoms with Crippen LogP contribution in [-0.2, 0) is 20.8 Å². The van der Waals surface area contributed by atoms with Crippen molar-refractivity contribution in [3.8, 4) is 0 Å². The van der Waals surface area contributed by atoms with Crippen molar-refractivity contribution in [2.75, 3.05) is 7.05 Å². The number of Topliss-reactive ketones (excluding diaryl/α,β-unsaturated/α-hetero) is 1. The SMILES string of the molecule is CNC(=O)[C@@H](CC(=O)[C@@H](CC(=O)NO)CC(C)C)Cc1c[nH]c2ccccc12. The first-order valence-electron chi connectivity index (χ1n) is 9.57. The van der Waals surface area contributed by atoms with Crippen molar-refractivity contribution in [2.45, 2.75) is 39.5 Å². The van der Waals surface area contributed by atoms with Gasteiger partial charge in [0.05, 0.1) is 0 Å². The van der Waals surface area contributed by atoms with E-state index in [0.29, 0.717) is 12.8 Å². The monoisotopic (exact) mass is 387 g/mol. The maximum atomic E-state index is 12.9. The lowest BCUT2D eigenvalue weighted by Crippen LogP contribution is -2.33. The van der Waals surface area contributed by atoms with Crippen molar-refractivity contribution in [3.63, 3.8) is 0 Å². The zero-order valence-corrected chi connectivity index (χ0v) is 16.6. The molecule has 1 aromatic carbocycles. The van der Waals surface area contributed by atoms with Crippen LogP contribution in [0.25, 0.3) is 10.9 Å². The lowest BCUT2D eigenvalue weighted by molar-refractivity contribution is -0.135. The summed E-state index contributed by atoms with van der Waals surface area (Å²) in [6.45, 7) is 3.94. The summed E-state index contributed by atoms with van der Waals surface area (Å²) in [6.07, 6.45) is 2.79. The fraction of sp³-hybridized carbons (Fsp3) is 0.476. The maximum absolute atomic E-state index is 12.9. The number of amides is 2. The smallest absolute Gasteiger partial charge is 0.244 e. The summed E-state index contributed by atoms with van der Waals surface area (Å²) in [6, 6.07) is 7.82. The molecule has 2 rings (SSSR count). The molecule has 0 aliphatic rings. The molecule has 0 radical (unpaired) electrons. The van der Waals surface area contributed by atoms with E-state index in [4.69, 9.17) is 5.21 Å². The van der Waals surface area contributed by atoms with Crippen LogP contribution < -0.4 is 10.8 Å². The number of hydrogen-bond acceptors (Lipinski definition) is 4. The van der Waals surface area contributed by atoms with Gasteiger partial charge in [-0.1, -0.05) is 32.0 Å². The first kappa shape index (κ1) is 21.6. The van der Waals surface area contributed by atoms with Gasteiger partial charge in [-0.05, 0) is 30.4 Å². The molecule has 28 heavy (non-hydrogen) atoms. The van der Waals surface area contributed by atoms with Gasteiger partial charge >= 0.3 is 0 Å². The molecule has 1 heterocycles. The Kier molecular flexibility index (Phi) is 7.75. The van der Waals surface area contributed by atoms with Crippen molar-refractivity contribution < 1.29 is 19.6 Å². The van der Waals surface area contributed by atoms with Crippen LogP contribution in [0.15, 0.2) is 30.5 Å². The predicted octanol–water partition coefficient (Wildman–Crippen LogP) is 2.59. The molecule has 0 spiro atoms. The van der Waals surface area contributed by atoms with Gasteiger partial charge in [0, 0.05) is 48.8 Å². The van der Waals surface area contributed by atoms with E-state index in [1.807, 2.05) is 44.3 Å². The standard InChI is InChI=1S/C21H29N3O4/c1-13(2)8-14(11-20(26)24-28)19(25)10-15(21(27)22-3)9-16-12-23-18-7-5-4-6-17(16)18/h4-7,12-15,23,28H,8-11H2,1-3H3,(H,22,27)(H,24,26)/t14-,15-/m1/s1. The van der Waals surface area contributed by atoms with Crippen LogP contribution in [0, 0.1) is 17.8 Å². The maximum Gasteiger partial charge on any atom is 0.244 e. The molecule has 2 atom stereocenters. The quantitative estimate of drug-likeness (QED) is 0.371. The second-order valence-corrected chi connectivity index (χ2v) is 7.61. The summed E-state index contributed by atoms with van der Waals surface area (Å²) in [4.78, 5) is 40.1. The average Bonchev–Trinajstić information content (AvgIpc) is 3.08. The van der Waals surface area contributed by atoms with Gasteiger partial charge < -0.3 is 10.3 Å². The minimum Gasteiger partial charge on any atom is -0.361 e. The normalized spacial score (nSPS) is 13.3. The lowest BCUT2D eigenvalue weighted by atomic mass is 9.84. The summed E-state index contributed by atoms with van der Waals surface area (Å²) in [5.41, 5.74) is 3.55. The number of fused-ring (bicyclic) bond motifs is 1. The third-order valence-corrected chi connectivity index (χ3v) is 4.97. The Hall–Kier alpha value is -2.67. The molecule has 0 fully saturated rings. The summed E-state index contributed by atoms with van der Waals surface area (Å²) >= 11 is 0. The molecule has 1 aromatic heterocycles. The predicted molar refractivity (Wildman–Crippen MR) is 107 cm³/mol. The van der Waals surface area contributed by atoms with Crippen LogP contribution in [0.3, 0.4) is 0 Å². The molecule has 0 saturated carbocycles. The van der Waals surface area contributed by atoms with Crippen LogP contribution in [0.1, 0.15) is 38.7 Å². The van der Waals surface area contributed by atoms with Crippen LogP contribution >= 0.6 is 0 Å². The van der Waals surface area contributed by atoms with Crippen molar-refractivity contribution in [1.29, 1.82) is 0 Å². The minimum atomic E-state index is -0.591. The molecule has 7 nitrogen and oxygen atoms in total. The Morgan fingerprint density at radius 3 is 2.46 bits per heavy atom. The van der Waals surface area contributed by atoms with E-state index in [1.54, 1.807) is 12.5 Å². The topological polar surface area (TPSA) is 111 Å². The van der Waals surface area contributed by atoms with E-state index in [0.717, 1.165) is 16.5 Å². The zero-order valence-electron chi connectivity index (χ0n) is 16.6. The van der Waals surface area contributed by atoms with Crippen molar-refractivity contribution in [2.24, 2.45) is 17.8 Å². The number of ketones is 1. The Morgan fingerprint density at radius 2 is 1.82 bits per heavy atom. The minimum absolute atomic E-state index is 0.0509. The van der Waals surface area contributed by atoms with Crippen LogP contribution in [0.2, 0.25) is 0 Å². The molecule has 0 aliphatic heterocycles. The van der Waals surface area contributed by atoms with E-state index in [1.165, 1.54) is 0 Å². The van der Waals surface area contributed by atoms with Crippen molar-refractivity contribution >= 4 is 28.5 Å². The summed E-state index contributed by atoms with van der Waals surface area (Å²) in [5.74, 6) is -1.76. The van der Waals surface area contributed by atoms with E-state index in [2.05, 4.69) is 10.3 Å². The molecule has 7 heteroatoms. The van der Waals surface area contributed by atoms with Gasteiger partial charge in [0.25, 0.3) is 0 Å². The summed E-state index contributed by atoms with van der Waals surface area (Å²) in [5, 5.41) is 12.5. The number of carbonyl (C=O) groups is 3. The number of benzene rings is 1. The molecule has 2 amide bonds. The number of hydrogen-bond donors (Lipinski definition) is 4. The van der Waals surface area contributed by atoms with Gasteiger partial charge in [-0.2, -0.15) is 0 Å². The lowest BCUT2D eigenvalue weighted by Gasteiger charge is -2.20. The van der Waals surface area contributed by atoms with E-state index < -0.39 is 17.7 Å². The van der Waals surface area contributed by atoms with Gasteiger partial charge in [-0.25, -0.2) is 5.48 Å². The first-order chi connectivity index (χ1) is 13.3. The largest absolute Gasteiger partial charge is 0.361 e. The van der Waals surface area contributed by atoms with Crippen LogP contribution in [-0.4, -0.2) is 34.8 Å². The number of hydroxylamine groups is 1. The Morgan fingerprint density at radius 1 is 1.11 bits per heavy atom. The highest BCUT2D eigenvalue weighted by Gasteiger charge is 2.28. The highest BCUT2D eigenvalue weighted by atomic mass is 16.5. The van der Waals surface area contributed by atoms with Gasteiger partial charge in [-0.15, -0.1) is 0 Å². The number of rotatable bonds is 10. The molecule has 0 saturated heterocycles. The van der Waals surface area contributed by atoms with Crippen LogP contribution in [0.4, 0.5) is 0 Å². The number of H-pyrrole nitrogens is 1. The Bertz CT molecular complexity index is 828. The number of nitrogens with one attached hydrogen (secondary N) is 3. The van der Waals surface area contributed by atoms with E-state index in [9.17, 15) is 14.4 Å². The second kappa shape index (κ2) is 10.0. The third-order valence-electron chi connectivity index (χ3n) is 4.97. The van der Waals surface area contributed by atoms with Gasteiger partial charge in [0.1, 0.15) is 5.78 Å². The number of aromatic nitrogens is 1. The summed E-state index contributed by atoms with van der Waals surface area (Å²) < 4.78 is 0. The fourth-order valence-corrected chi connectivity index (χ4v) is 3.60. The van der Waals surface area contributed by atoms with E-state index >= 15 is 0 Å². The third kappa shape index (κ3) is 5.66. The molecule has 2 aromatic rings.